The Balaban J connectivity index is 1.11. The number of piperidine rings is 1. The first-order valence-electron chi connectivity index (χ1n) is 12.1. The molecule has 7 rings (SSSR count). The molecule has 170 valence electrons. The van der Waals surface area contributed by atoms with E-state index >= 15 is 0 Å². The van der Waals surface area contributed by atoms with Gasteiger partial charge in [-0.25, -0.2) is 0 Å². The van der Waals surface area contributed by atoms with Crippen molar-refractivity contribution in [2.24, 2.45) is 0 Å². The average molecular weight is 445 g/mol. The molecule has 3 aliphatic heterocycles. The molecule has 1 aliphatic carbocycles. The largest absolute Gasteiger partial charge is 0.372 e. The minimum Gasteiger partial charge on any atom is -0.372 e. The molecule has 1 amide bonds. The van der Waals surface area contributed by atoms with Crippen LogP contribution in [0.5, 0.6) is 0 Å². The first-order valence-corrected chi connectivity index (χ1v) is 12.1. The predicted molar refractivity (Wildman–Crippen MR) is 123 cm³/mol. The number of aromatic nitrogens is 2. The Morgan fingerprint density at radius 1 is 1.06 bits per heavy atom. The molecule has 3 aromatic rings. The molecule has 1 N–H and O–H groups in total. The van der Waals surface area contributed by atoms with E-state index in [-0.39, 0.29) is 17.0 Å². The Morgan fingerprint density at radius 3 is 2.82 bits per heavy atom. The van der Waals surface area contributed by atoms with Gasteiger partial charge in [-0.1, -0.05) is 17.3 Å². The lowest BCUT2D eigenvalue weighted by atomic mass is 9.79. The number of para-hydroxylation sites is 2. The van der Waals surface area contributed by atoms with E-state index in [0.717, 1.165) is 62.0 Å². The van der Waals surface area contributed by atoms with Crippen LogP contribution in [-0.2, 0) is 23.1 Å². The fourth-order valence-corrected chi connectivity index (χ4v) is 6.41. The highest BCUT2D eigenvalue weighted by Gasteiger charge is 2.54. The van der Waals surface area contributed by atoms with Crippen LogP contribution in [-0.4, -0.2) is 45.8 Å². The number of amides is 1. The van der Waals surface area contributed by atoms with E-state index < -0.39 is 0 Å². The number of ether oxygens (including phenoxy) is 1. The standard InChI is InChI=1S/C26H28N4O3/c31-24(23-18-6-1-4-9-21(18)33-28-23)29-14-11-25(12-15-29)16-26(17-32-25)22-10-5-13-30(22)20-8-3-2-7-19(20)27-26/h2-3,5,7-8,10,13,27H,1,4,6,9,11-12,14-17H2/t26-/m1/s1. The van der Waals surface area contributed by atoms with Crippen molar-refractivity contribution in [3.8, 4) is 5.69 Å². The Hall–Kier alpha value is -3.06. The molecule has 5 heterocycles. The fourth-order valence-electron chi connectivity index (χ4n) is 6.41. The van der Waals surface area contributed by atoms with Gasteiger partial charge in [-0.05, 0) is 56.4 Å². The van der Waals surface area contributed by atoms with Crippen LogP contribution >= 0.6 is 0 Å². The molecule has 2 saturated heterocycles. The number of nitrogens with zero attached hydrogens (tertiary/aromatic N) is 3. The van der Waals surface area contributed by atoms with E-state index in [2.05, 4.69) is 57.6 Å². The summed E-state index contributed by atoms with van der Waals surface area (Å²) in [6, 6.07) is 12.8. The van der Waals surface area contributed by atoms with Crippen LogP contribution in [0.4, 0.5) is 5.69 Å². The highest BCUT2D eigenvalue weighted by Crippen LogP contribution is 2.50. The number of benzene rings is 1. The zero-order valence-corrected chi connectivity index (χ0v) is 18.7. The first kappa shape index (κ1) is 19.4. The molecule has 7 nitrogen and oxygen atoms in total. The molecule has 1 aromatic carbocycles. The molecule has 2 aromatic heterocycles. The molecule has 2 spiro atoms. The van der Waals surface area contributed by atoms with E-state index in [1.54, 1.807) is 0 Å². The quantitative estimate of drug-likeness (QED) is 0.613. The van der Waals surface area contributed by atoms with Gasteiger partial charge in [-0.15, -0.1) is 0 Å². The summed E-state index contributed by atoms with van der Waals surface area (Å²) in [6.07, 6.45) is 8.73. The minimum absolute atomic E-state index is 0.0167. The smallest absolute Gasteiger partial charge is 0.276 e. The maximum Gasteiger partial charge on any atom is 0.276 e. The van der Waals surface area contributed by atoms with Crippen molar-refractivity contribution in [1.29, 1.82) is 0 Å². The van der Waals surface area contributed by atoms with Gasteiger partial charge in [0.05, 0.1) is 29.3 Å². The molecule has 33 heavy (non-hydrogen) atoms. The second-order valence-electron chi connectivity index (χ2n) is 10.1. The number of nitrogens with one attached hydrogen (secondary N) is 1. The van der Waals surface area contributed by atoms with E-state index in [1.165, 1.54) is 11.4 Å². The highest BCUT2D eigenvalue weighted by atomic mass is 16.5. The molecule has 2 fully saturated rings. The molecular formula is C26H28N4O3. The topological polar surface area (TPSA) is 72.5 Å². The molecule has 0 bridgehead atoms. The monoisotopic (exact) mass is 444 g/mol. The number of likely N-dealkylation sites (tertiary alicyclic amines) is 1. The molecule has 0 unspecified atom stereocenters. The third-order valence-corrected chi connectivity index (χ3v) is 8.14. The Bertz CT molecular complexity index is 1240. The molecule has 0 saturated carbocycles. The zero-order chi connectivity index (χ0) is 22.0. The average Bonchev–Trinajstić information content (AvgIpc) is 3.58. The first-order chi connectivity index (χ1) is 16.2. The third-order valence-electron chi connectivity index (χ3n) is 8.14. The van der Waals surface area contributed by atoms with Crippen molar-refractivity contribution in [2.45, 2.75) is 56.1 Å². The molecule has 0 radical (unpaired) electrons. The van der Waals surface area contributed by atoms with Crippen LogP contribution in [0.2, 0.25) is 0 Å². The van der Waals surface area contributed by atoms with Gasteiger partial charge in [0.25, 0.3) is 5.91 Å². The normalized spacial score (nSPS) is 24.9. The summed E-state index contributed by atoms with van der Waals surface area (Å²) < 4.78 is 14.4. The molecule has 1 atom stereocenters. The molecular weight excluding hydrogens is 416 g/mol. The lowest BCUT2D eigenvalue weighted by Crippen LogP contribution is -2.48. The maximum atomic E-state index is 13.2. The number of fused-ring (bicyclic) bond motifs is 5. The Morgan fingerprint density at radius 2 is 1.91 bits per heavy atom. The van der Waals surface area contributed by atoms with E-state index in [1.807, 2.05) is 4.90 Å². The van der Waals surface area contributed by atoms with E-state index in [9.17, 15) is 4.79 Å². The van der Waals surface area contributed by atoms with Crippen LogP contribution < -0.4 is 5.32 Å². The second kappa shape index (κ2) is 6.97. The van der Waals surface area contributed by atoms with Crippen LogP contribution in [0.3, 0.4) is 0 Å². The Kier molecular flexibility index (Phi) is 4.10. The molecule has 4 aliphatic rings. The van der Waals surface area contributed by atoms with Crippen molar-refractivity contribution in [1.82, 2.24) is 14.6 Å². The third kappa shape index (κ3) is 2.84. The van der Waals surface area contributed by atoms with Gasteiger partial charge in [0.1, 0.15) is 11.3 Å². The highest BCUT2D eigenvalue weighted by molar-refractivity contribution is 5.94. The van der Waals surface area contributed by atoms with Gasteiger partial charge in [-0.2, -0.15) is 0 Å². The number of hydrogen-bond donors (Lipinski definition) is 1. The summed E-state index contributed by atoms with van der Waals surface area (Å²) in [5.74, 6) is 0.925. The van der Waals surface area contributed by atoms with E-state index in [4.69, 9.17) is 9.26 Å². The van der Waals surface area contributed by atoms with Crippen molar-refractivity contribution in [3.63, 3.8) is 0 Å². The van der Waals surface area contributed by atoms with Crippen molar-refractivity contribution >= 4 is 11.6 Å². The summed E-state index contributed by atoms with van der Waals surface area (Å²) in [4.78, 5) is 15.2. The number of carbonyl (C=O) groups excluding carboxylic acids is 1. The minimum atomic E-state index is -0.241. The van der Waals surface area contributed by atoms with E-state index in [0.29, 0.717) is 25.4 Å². The van der Waals surface area contributed by atoms with Gasteiger partial charge in [0.15, 0.2) is 5.69 Å². The summed E-state index contributed by atoms with van der Waals surface area (Å²) >= 11 is 0. The Labute approximate surface area is 192 Å². The maximum absolute atomic E-state index is 13.2. The summed E-state index contributed by atoms with van der Waals surface area (Å²) in [5, 5.41) is 7.99. The van der Waals surface area contributed by atoms with Crippen LogP contribution in [0, 0.1) is 0 Å². The van der Waals surface area contributed by atoms with Crippen molar-refractivity contribution in [3.05, 3.63) is 65.3 Å². The van der Waals surface area contributed by atoms with Crippen LogP contribution in [0.15, 0.2) is 47.1 Å². The number of carbonyl (C=O) groups is 1. The van der Waals surface area contributed by atoms with Crippen LogP contribution in [0.1, 0.15) is 59.6 Å². The van der Waals surface area contributed by atoms with Gasteiger partial charge in [0, 0.05) is 37.7 Å². The predicted octanol–water partition coefficient (Wildman–Crippen LogP) is 4.06. The summed E-state index contributed by atoms with van der Waals surface area (Å²) in [7, 11) is 0. The van der Waals surface area contributed by atoms with Gasteiger partial charge >= 0.3 is 0 Å². The molecule has 7 heteroatoms. The SMILES string of the molecule is O=C(c1noc2c1CCCC2)N1CCC2(CC1)C[C@]1(CO2)Nc2ccccc2-n2cccc21. The second-order valence-corrected chi connectivity index (χ2v) is 10.1. The van der Waals surface area contributed by atoms with Crippen molar-refractivity contribution < 1.29 is 14.1 Å². The van der Waals surface area contributed by atoms with Crippen LogP contribution in [0.25, 0.3) is 5.69 Å². The number of hydrogen-bond acceptors (Lipinski definition) is 5. The van der Waals surface area contributed by atoms with Crippen molar-refractivity contribution in [2.75, 3.05) is 25.0 Å². The lowest BCUT2D eigenvalue weighted by molar-refractivity contribution is -0.0393. The number of anilines is 1. The zero-order valence-electron chi connectivity index (χ0n) is 18.7. The summed E-state index contributed by atoms with van der Waals surface area (Å²) in [5.41, 5.74) is 4.70. The number of aryl methyl sites for hydroxylation is 1. The van der Waals surface area contributed by atoms with Gasteiger partial charge in [-0.3, -0.25) is 4.79 Å². The van der Waals surface area contributed by atoms with Gasteiger partial charge in [0.2, 0.25) is 0 Å². The van der Waals surface area contributed by atoms with Gasteiger partial charge < -0.3 is 24.0 Å². The summed E-state index contributed by atoms with van der Waals surface area (Å²) in [6.45, 7) is 2.01. The number of rotatable bonds is 1. The lowest BCUT2D eigenvalue weighted by Gasteiger charge is -2.41. The fraction of sp³-hybridized carbons (Fsp3) is 0.462.